The van der Waals surface area contributed by atoms with Crippen LogP contribution in [0.2, 0.25) is 5.02 Å². The Labute approximate surface area is 210 Å². The highest BCUT2D eigenvalue weighted by Gasteiger charge is 2.52. The maximum Gasteiger partial charge on any atom is 0.417 e. The third-order valence-electron chi connectivity index (χ3n) is 6.75. The Morgan fingerprint density at radius 3 is 2.64 bits per heavy atom. The van der Waals surface area contributed by atoms with Crippen LogP contribution in [0.4, 0.5) is 13.2 Å². The molecule has 0 N–H and O–H groups in total. The first kappa shape index (κ1) is 24.9. The maximum absolute atomic E-state index is 13.3. The first-order chi connectivity index (χ1) is 16.9. The number of halogens is 4. The van der Waals surface area contributed by atoms with E-state index in [-0.39, 0.29) is 19.4 Å². The smallest absolute Gasteiger partial charge is 0.417 e. The van der Waals surface area contributed by atoms with Crippen LogP contribution in [0.5, 0.6) is 0 Å². The van der Waals surface area contributed by atoms with Gasteiger partial charge in [-0.15, -0.1) is 0 Å². The second-order valence-corrected chi connectivity index (χ2v) is 11.3. The van der Waals surface area contributed by atoms with Crippen molar-refractivity contribution in [2.24, 2.45) is 0 Å². The summed E-state index contributed by atoms with van der Waals surface area (Å²) >= 11 is 6.14. The van der Waals surface area contributed by atoms with Gasteiger partial charge in [-0.25, -0.2) is 13.4 Å². The van der Waals surface area contributed by atoms with Gasteiger partial charge in [0.05, 0.1) is 16.2 Å². The largest absolute Gasteiger partial charge is 0.618 e. The topological polar surface area (TPSA) is 86.4 Å². The summed E-state index contributed by atoms with van der Waals surface area (Å²) in [6, 6.07) is 11.5. The van der Waals surface area contributed by atoms with E-state index < -0.39 is 44.5 Å². The van der Waals surface area contributed by atoms with Gasteiger partial charge in [0.25, 0.3) is 10.0 Å². The quantitative estimate of drug-likeness (QED) is 0.359. The van der Waals surface area contributed by atoms with Gasteiger partial charge in [-0.3, -0.25) is 0 Å². The van der Waals surface area contributed by atoms with Gasteiger partial charge in [-0.05, 0) is 43.0 Å². The van der Waals surface area contributed by atoms with E-state index in [1.54, 1.807) is 13.0 Å². The SMILES string of the molecule is CC1CC2(CCN1S(=O)(=O)c1ccc(C(F)(F)F)cn1)OC(c1cc(Cl)cc[n+]1[O-])c1ccccc12. The highest BCUT2D eigenvalue weighted by Crippen LogP contribution is 2.52. The van der Waals surface area contributed by atoms with Gasteiger partial charge in [0.1, 0.15) is 0 Å². The second kappa shape index (κ2) is 8.69. The van der Waals surface area contributed by atoms with E-state index in [2.05, 4.69) is 4.98 Å². The normalized spacial score (nSPS) is 24.7. The summed E-state index contributed by atoms with van der Waals surface area (Å²) in [5, 5.41) is 12.5. The van der Waals surface area contributed by atoms with Crippen molar-refractivity contribution in [2.45, 2.75) is 48.7 Å². The van der Waals surface area contributed by atoms with Crippen molar-refractivity contribution in [3.8, 4) is 0 Å². The van der Waals surface area contributed by atoms with Crippen LogP contribution in [-0.2, 0) is 26.5 Å². The Balaban J connectivity index is 1.45. The molecule has 190 valence electrons. The molecule has 4 heterocycles. The molecule has 1 saturated heterocycles. The van der Waals surface area contributed by atoms with Crippen molar-refractivity contribution >= 4 is 21.6 Å². The fraction of sp³-hybridized carbons (Fsp3) is 0.333. The molecule has 2 aromatic heterocycles. The summed E-state index contributed by atoms with van der Waals surface area (Å²) < 4.78 is 73.6. The van der Waals surface area contributed by atoms with Crippen LogP contribution in [0, 0.1) is 5.21 Å². The predicted octanol–water partition coefficient (Wildman–Crippen LogP) is 4.58. The number of fused-ring (bicyclic) bond motifs is 2. The lowest BCUT2D eigenvalue weighted by atomic mass is 9.81. The highest BCUT2D eigenvalue weighted by molar-refractivity contribution is 7.89. The molecule has 1 spiro atoms. The number of piperidine rings is 1. The zero-order valence-electron chi connectivity index (χ0n) is 18.9. The summed E-state index contributed by atoms with van der Waals surface area (Å²) in [6.07, 6.45) is -2.92. The fourth-order valence-electron chi connectivity index (χ4n) is 5.10. The molecule has 12 heteroatoms. The van der Waals surface area contributed by atoms with Crippen molar-refractivity contribution in [3.63, 3.8) is 0 Å². The first-order valence-electron chi connectivity index (χ1n) is 11.1. The van der Waals surface area contributed by atoms with Crippen LogP contribution < -0.4 is 4.73 Å². The standard InChI is InChI=1S/C24H21ClF3N3O4S/c1-15-13-23(9-11-31(15)36(33,34)21-7-6-16(14-29-21)24(26,27)28)19-5-3-2-4-18(19)22(35-23)20-12-17(25)8-10-30(20)32/h2-8,10,12,14-15,22H,9,11,13H2,1H3. The molecule has 0 aliphatic carbocycles. The number of rotatable bonds is 3. The molecule has 3 aromatic rings. The van der Waals surface area contributed by atoms with Crippen molar-refractivity contribution in [2.75, 3.05) is 6.54 Å². The third-order valence-corrected chi connectivity index (χ3v) is 8.91. The number of nitrogens with zero attached hydrogens (tertiary/aromatic N) is 3. The van der Waals surface area contributed by atoms with Gasteiger partial charge in [0.15, 0.2) is 17.3 Å². The predicted molar refractivity (Wildman–Crippen MR) is 123 cm³/mol. The number of ether oxygens (including phenoxy) is 1. The average Bonchev–Trinajstić information content (AvgIpc) is 3.13. The molecule has 1 fully saturated rings. The minimum atomic E-state index is -4.62. The average molecular weight is 540 g/mol. The summed E-state index contributed by atoms with van der Waals surface area (Å²) in [5.41, 5.74) is 0.119. The first-order valence-corrected chi connectivity index (χ1v) is 13.0. The lowest BCUT2D eigenvalue weighted by molar-refractivity contribution is -0.618. The molecule has 0 radical (unpaired) electrons. The lowest BCUT2D eigenvalue weighted by Crippen LogP contribution is -2.50. The van der Waals surface area contributed by atoms with E-state index in [4.69, 9.17) is 16.3 Å². The number of benzene rings is 1. The van der Waals surface area contributed by atoms with Gasteiger partial charge in [0.2, 0.25) is 5.69 Å². The van der Waals surface area contributed by atoms with Gasteiger partial charge in [-0.2, -0.15) is 22.2 Å². The summed E-state index contributed by atoms with van der Waals surface area (Å²) in [5.74, 6) is 0. The second-order valence-electron chi connectivity index (χ2n) is 8.98. The van der Waals surface area contributed by atoms with Crippen molar-refractivity contribution in [1.29, 1.82) is 0 Å². The molecule has 5 rings (SSSR count). The summed E-state index contributed by atoms with van der Waals surface area (Å²) in [7, 11) is -4.15. The van der Waals surface area contributed by atoms with E-state index in [0.29, 0.717) is 27.7 Å². The van der Waals surface area contributed by atoms with E-state index in [1.165, 1.54) is 16.6 Å². The molecular formula is C24H21ClF3N3O4S. The Morgan fingerprint density at radius 2 is 1.97 bits per heavy atom. The Bertz CT molecular complexity index is 1420. The van der Waals surface area contributed by atoms with Crippen molar-refractivity contribution in [3.05, 3.63) is 93.5 Å². The molecule has 0 saturated carbocycles. The maximum atomic E-state index is 13.3. The van der Waals surface area contributed by atoms with Crippen LogP contribution in [0.1, 0.15) is 48.3 Å². The van der Waals surface area contributed by atoms with Crippen LogP contribution in [0.25, 0.3) is 0 Å². The third kappa shape index (κ3) is 4.13. The summed E-state index contributed by atoms with van der Waals surface area (Å²) in [4.78, 5) is 3.59. The van der Waals surface area contributed by atoms with E-state index in [9.17, 15) is 26.8 Å². The number of sulfonamides is 1. The molecule has 7 nitrogen and oxygen atoms in total. The number of alkyl halides is 3. The van der Waals surface area contributed by atoms with Crippen LogP contribution >= 0.6 is 11.6 Å². The summed E-state index contributed by atoms with van der Waals surface area (Å²) in [6.45, 7) is 1.77. The van der Waals surface area contributed by atoms with Crippen LogP contribution in [-0.4, -0.2) is 30.3 Å². The zero-order chi connectivity index (χ0) is 25.9. The van der Waals surface area contributed by atoms with Gasteiger partial charge in [0, 0.05) is 30.9 Å². The Kier molecular flexibility index (Phi) is 6.02. The molecule has 0 bridgehead atoms. The molecular weight excluding hydrogens is 519 g/mol. The fourth-order valence-corrected chi connectivity index (χ4v) is 6.82. The van der Waals surface area contributed by atoms with Crippen LogP contribution in [0.3, 0.4) is 0 Å². The Morgan fingerprint density at radius 1 is 1.22 bits per heavy atom. The number of aromatic nitrogens is 2. The monoisotopic (exact) mass is 539 g/mol. The number of pyridine rings is 2. The number of hydrogen-bond donors (Lipinski definition) is 0. The molecule has 36 heavy (non-hydrogen) atoms. The molecule has 0 amide bonds. The lowest BCUT2D eigenvalue weighted by Gasteiger charge is -2.42. The highest BCUT2D eigenvalue weighted by atomic mass is 35.5. The molecule has 3 unspecified atom stereocenters. The minimum Gasteiger partial charge on any atom is -0.618 e. The molecule has 1 aromatic carbocycles. The minimum absolute atomic E-state index is 0.0557. The Hall–Kier alpha value is -2.73. The van der Waals surface area contributed by atoms with Crippen molar-refractivity contribution in [1.82, 2.24) is 9.29 Å². The zero-order valence-corrected chi connectivity index (χ0v) is 20.5. The van der Waals surface area contributed by atoms with Crippen LogP contribution in [0.15, 0.2) is 66.0 Å². The molecule has 3 atom stereocenters. The van der Waals surface area contributed by atoms with Gasteiger partial charge < -0.3 is 9.94 Å². The van der Waals surface area contributed by atoms with Gasteiger partial charge in [-0.1, -0.05) is 35.9 Å². The van der Waals surface area contributed by atoms with E-state index in [0.717, 1.165) is 17.2 Å². The van der Waals surface area contributed by atoms with Crippen molar-refractivity contribution < 1.29 is 31.1 Å². The van der Waals surface area contributed by atoms with Gasteiger partial charge >= 0.3 is 6.18 Å². The van der Waals surface area contributed by atoms with E-state index in [1.807, 2.05) is 24.3 Å². The van der Waals surface area contributed by atoms with E-state index >= 15 is 0 Å². The molecule has 2 aliphatic rings. The molecule has 2 aliphatic heterocycles. The number of hydrogen-bond acceptors (Lipinski definition) is 5.